The highest BCUT2D eigenvalue weighted by atomic mass is 14.5. The second kappa shape index (κ2) is 4.85. The summed E-state index contributed by atoms with van der Waals surface area (Å²) in [5.74, 6) is 0. The van der Waals surface area contributed by atoms with E-state index in [-0.39, 0.29) is 0 Å². The van der Waals surface area contributed by atoms with Gasteiger partial charge in [0, 0.05) is 5.69 Å². The monoisotopic (exact) mass is 237 g/mol. The van der Waals surface area contributed by atoms with Gasteiger partial charge in [0.1, 0.15) is 0 Å². The highest BCUT2D eigenvalue weighted by Crippen LogP contribution is 2.23. The molecule has 2 aromatic carbocycles. The van der Waals surface area contributed by atoms with E-state index in [9.17, 15) is 0 Å². The number of aryl methyl sites for hydroxylation is 2. The number of rotatable bonds is 2. The fraction of sp³-hybridized carbons (Fsp3) is 0.294. The van der Waals surface area contributed by atoms with E-state index in [1.807, 2.05) is 12.1 Å². The topological polar surface area (TPSA) is 26.0 Å². The zero-order valence-electron chi connectivity index (χ0n) is 10.7. The van der Waals surface area contributed by atoms with Crippen LogP contribution >= 0.6 is 0 Å². The summed E-state index contributed by atoms with van der Waals surface area (Å²) >= 11 is 0. The van der Waals surface area contributed by atoms with E-state index in [0.717, 1.165) is 12.1 Å². The van der Waals surface area contributed by atoms with Crippen LogP contribution in [0.4, 0.5) is 5.69 Å². The molecule has 1 nitrogen and oxygen atoms in total. The minimum absolute atomic E-state index is 0.837. The van der Waals surface area contributed by atoms with E-state index >= 15 is 0 Å². The number of anilines is 1. The van der Waals surface area contributed by atoms with Gasteiger partial charge >= 0.3 is 0 Å². The number of fused-ring (bicyclic) bond motifs is 1. The molecule has 0 unspecified atom stereocenters. The van der Waals surface area contributed by atoms with E-state index < -0.39 is 0 Å². The Kier molecular flexibility index (Phi) is 3.06. The van der Waals surface area contributed by atoms with Gasteiger partial charge < -0.3 is 5.73 Å². The van der Waals surface area contributed by atoms with Crippen molar-refractivity contribution in [2.45, 2.75) is 32.1 Å². The molecular formula is C17H19N. The van der Waals surface area contributed by atoms with Crippen molar-refractivity contribution in [1.82, 2.24) is 0 Å². The van der Waals surface area contributed by atoms with Gasteiger partial charge in [0.15, 0.2) is 0 Å². The van der Waals surface area contributed by atoms with Crippen molar-refractivity contribution in [3.63, 3.8) is 0 Å². The largest absolute Gasteiger partial charge is 0.399 e. The molecule has 1 aliphatic carbocycles. The minimum Gasteiger partial charge on any atom is -0.399 e. The first-order chi connectivity index (χ1) is 8.81. The van der Waals surface area contributed by atoms with Crippen LogP contribution in [0, 0.1) is 0 Å². The molecule has 18 heavy (non-hydrogen) atoms. The Bertz CT molecular complexity index is 540. The van der Waals surface area contributed by atoms with E-state index in [1.165, 1.54) is 36.8 Å². The number of hydrogen-bond donors (Lipinski definition) is 1. The molecule has 1 heteroatoms. The van der Waals surface area contributed by atoms with Crippen LogP contribution in [0.25, 0.3) is 0 Å². The first-order valence-corrected chi connectivity index (χ1v) is 6.76. The van der Waals surface area contributed by atoms with Gasteiger partial charge in [0.05, 0.1) is 0 Å². The van der Waals surface area contributed by atoms with Crippen LogP contribution in [0.15, 0.2) is 42.5 Å². The molecule has 0 saturated heterocycles. The molecule has 1 aliphatic rings. The Morgan fingerprint density at radius 3 is 2.22 bits per heavy atom. The molecule has 0 atom stereocenters. The normalized spacial score (nSPS) is 14.2. The molecule has 0 saturated carbocycles. The Balaban J connectivity index is 1.82. The Morgan fingerprint density at radius 1 is 0.778 bits per heavy atom. The molecule has 0 fully saturated rings. The summed E-state index contributed by atoms with van der Waals surface area (Å²) in [6.07, 6.45) is 6.22. The summed E-state index contributed by atoms with van der Waals surface area (Å²) < 4.78 is 0. The van der Waals surface area contributed by atoms with Crippen LogP contribution in [0.1, 0.15) is 35.1 Å². The van der Waals surface area contributed by atoms with Crippen LogP contribution in [-0.4, -0.2) is 0 Å². The molecule has 0 bridgehead atoms. The molecule has 3 rings (SSSR count). The lowest BCUT2D eigenvalue weighted by molar-refractivity contribution is 0.684. The molecular weight excluding hydrogens is 218 g/mol. The first kappa shape index (κ1) is 11.3. The summed E-state index contributed by atoms with van der Waals surface area (Å²) in [7, 11) is 0. The van der Waals surface area contributed by atoms with Crippen molar-refractivity contribution in [3.05, 3.63) is 64.7 Å². The predicted molar refractivity (Wildman–Crippen MR) is 76.7 cm³/mol. The minimum atomic E-state index is 0.837. The zero-order valence-corrected chi connectivity index (χ0v) is 10.7. The molecule has 0 heterocycles. The zero-order chi connectivity index (χ0) is 12.4. The lowest BCUT2D eigenvalue weighted by Crippen LogP contribution is -2.03. The maximum absolute atomic E-state index is 5.71. The smallest absolute Gasteiger partial charge is 0.0314 e. The standard InChI is InChI=1S/C17H19N/c18-17-9-6-13(7-10-17)11-14-5-8-15-3-1-2-4-16(15)12-14/h5-10,12H,1-4,11,18H2. The summed E-state index contributed by atoms with van der Waals surface area (Å²) in [5, 5.41) is 0. The third-order valence-electron chi connectivity index (χ3n) is 3.80. The van der Waals surface area contributed by atoms with Crippen LogP contribution < -0.4 is 5.73 Å². The molecule has 0 spiro atoms. The average molecular weight is 237 g/mol. The number of nitrogens with two attached hydrogens (primary N) is 1. The Morgan fingerprint density at radius 2 is 1.44 bits per heavy atom. The number of nitrogen functional groups attached to an aromatic ring is 1. The second-order valence-electron chi connectivity index (χ2n) is 5.23. The van der Waals surface area contributed by atoms with Gasteiger partial charge in [-0.25, -0.2) is 0 Å². The molecule has 0 radical (unpaired) electrons. The van der Waals surface area contributed by atoms with E-state index in [4.69, 9.17) is 5.73 Å². The Hall–Kier alpha value is -1.76. The summed E-state index contributed by atoms with van der Waals surface area (Å²) in [6, 6.07) is 15.2. The highest BCUT2D eigenvalue weighted by molar-refractivity contribution is 5.41. The molecule has 2 N–H and O–H groups in total. The van der Waals surface area contributed by atoms with Gasteiger partial charge in [-0.2, -0.15) is 0 Å². The van der Waals surface area contributed by atoms with Crippen LogP contribution in [0.5, 0.6) is 0 Å². The van der Waals surface area contributed by atoms with Gasteiger partial charge in [-0.05, 0) is 66.5 Å². The molecule has 2 aromatic rings. The number of benzene rings is 2. The van der Waals surface area contributed by atoms with E-state index in [2.05, 4.69) is 30.3 Å². The van der Waals surface area contributed by atoms with Crippen molar-refractivity contribution in [3.8, 4) is 0 Å². The molecule has 0 amide bonds. The quantitative estimate of drug-likeness (QED) is 0.791. The number of hydrogen-bond acceptors (Lipinski definition) is 1. The fourth-order valence-electron chi connectivity index (χ4n) is 2.77. The van der Waals surface area contributed by atoms with Crippen LogP contribution in [0.3, 0.4) is 0 Å². The van der Waals surface area contributed by atoms with Gasteiger partial charge in [0.2, 0.25) is 0 Å². The second-order valence-corrected chi connectivity index (χ2v) is 5.23. The maximum Gasteiger partial charge on any atom is 0.0314 e. The molecule has 0 aromatic heterocycles. The molecule has 92 valence electrons. The lowest BCUT2D eigenvalue weighted by Gasteiger charge is -2.16. The summed E-state index contributed by atoms with van der Waals surface area (Å²) in [4.78, 5) is 0. The highest BCUT2D eigenvalue weighted by Gasteiger charge is 2.09. The fourth-order valence-corrected chi connectivity index (χ4v) is 2.77. The third kappa shape index (κ3) is 2.40. The maximum atomic E-state index is 5.71. The molecule has 0 aliphatic heterocycles. The first-order valence-electron chi connectivity index (χ1n) is 6.76. The van der Waals surface area contributed by atoms with Crippen molar-refractivity contribution in [2.75, 3.05) is 5.73 Å². The third-order valence-corrected chi connectivity index (χ3v) is 3.80. The van der Waals surface area contributed by atoms with Crippen molar-refractivity contribution in [2.24, 2.45) is 0 Å². The SMILES string of the molecule is Nc1ccc(Cc2ccc3c(c2)CCCC3)cc1. The summed E-state index contributed by atoms with van der Waals surface area (Å²) in [6.45, 7) is 0. The van der Waals surface area contributed by atoms with Gasteiger partial charge in [-0.15, -0.1) is 0 Å². The predicted octanol–water partition coefficient (Wildman–Crippen LogP) is 3.74. The van der Waals surface area contributed by atoms with Gasteiger partial charge in [0.25, 0.3) is 0 Å². The van der Waals surface area contributed by atoms with Gasteiger partial charge in [-0.1, -0.05) is 30.3 Å². The summed E-state index contributed by atoms with van der Waals surface area (Å²) in [5.41, 5.74) is 12.4. The van der Waals surface area contributed by atoms with Crippen molar-refractivity contribution < 1.29 is 0 Å². The average Bonchev–Trinajstić information content (AvgIpc) is 2.41. The van der Waals surface area contributed by atoms with Crippen LogP contribution in [0.2, 0.25) is 0 Å². The Labute approximate surface area is 109 Å². The van der Waals surface area contributed by atoms with E-state index in [1.54, 1.807) is 11.1 Å². The van der Waals surface area contributed by atoms with Gasteiger partial charge in [-0.3, -0.25) is 0 Å². The van der Waals surface area contributed by atoms with E-state index in [0.29, 0.717) is 0 Å². The van der Waals surface area contributed by atoms with Crippen molar-refractivity contribution in [1.29, 1.82) is 0 Å². The van der Waals surface area contributed by atoms with Crippen molar-refractivity contribution >= 4 is 5.69 Å². The van der Waals surface area contributed by atoms with Crippen LogP contribution in [-0.2, 0) is 19.3 Å². The lowest BCUT2D eigenvalue weighted by atomic mass is 9.89.